The molecule has 1 aliphatic carbocycles. The topological polar surface area (TPSA) is 122 Å². The third-order valence-corrected chi connectivity index (χ3v) is 4.97. The number of hydrogen-bond donors (Lipinski definition) is 2. The Morgan fingerprint density at radius 2 is 2.00 bits per heavy atom. The summed E-state index contributed by atoms with van der Waals surface area (Å²) >= 11 is 0. The molecule has 0 aliphatic heterocycles. The Hall–Kier alpha value is -3.01. The SMILES string of the molecule is CCOCC(=O)N(c1cnc(-c2cnn(C)c2)cn1)C1CCC(NC(=O)O)CC1. The molecule has 0 unspecified atom stereocenters. The first-order valence-corrected chi connectivity index (χ1v) is 9.68. The summed E-state index contributed by atoms with van der Waals surface area (Å²) < 4.78 is 7.00. The number of carbonyl (C=O) groups is 2. The third-order valence-electron chi connectivity index (χ3n) is 4.97. The van der Waals surface area contributed by atoms with Crippen LogP contribution >= 0.6 is 0 Å². The smallest absolute Gasteiger partial charge is 0.404 e. The lowest BCUT2D eigenvalue weighted by atomic mass is 9.90. The van der Waals surface area contributed by atoms with Crippen molar-refractivity contribution in [2.75, 3.05) is 18.1 Å². The van der Waals surface area contributed by atoms with E-state index in [9.17, 15) is 9.59 Å². The van der Waals surface area contributed by atoms with E-state index >= 15 is 0 Å². The number of carbonyl (C=O) groups excluding carboxylic acids is 1. The molecule has 1 saturated carbocycles. The quantitative estimate of drug-likeness (QED) is 0.724. The van der Waals surface area contributed by atoms with E-state index in [-0.39, 0.29) is 24.6 Å². The van der Waals surface area contributed by atoms with E-state index in [0.717, 1.165) is 5.56 Å². The fourth-order valence-corrected chi connectivity index (χ4v) is 3.58. The molecule has 3 rings (SSSR count). The van der Waals surface area contributed by atoms with Gasteiger partial charge in [0.15, 0.2) is 5.82 Å². The molecule has 1 aliphatic rings. The summed E-state index contributed by atoms with van der Waals surface area (Å²) in [5.74, 6) is 0.293. The van der Waals surface area contributed by atoms with Crippen molar-refractivity contribution in [3.05, 3.63) is 24.8 Å². The number of aromatic nitrogens is 4. The lowest BCUT2D eigenvalue weighted by Gasteiger charge is -2.36. The summed E-state index contributed by atoms with van der Waals surface area (Å²) in [6.45, 7) is 2.25. The summed E-state index contributed by atoms with van der Waals surface area (Å²) in [5, 5.41) is 15.6. The molecule has 2 aromatic heterocycles. The molecule has 0 spiro atoms. The number of anilines is 1. The number of hydrogen-bond acceptors (Lipinski definition) is 6. The highest BCUT2D eigenvalue weighted by Crippen LogP contribution is 2.27. The zero-order chi connectivity index (χ0) is 20.8. The highest BCUT2D eigenvalue weighted by Gasteiger charge is 2.31. The number of nitrogens with one attached hydrogen (secondary N) is 1. The molecular formula is C19H26N6O4. The third kappa shape index (κ3) is 5.29. The summed E-state index contributed by atoms with van der Waals surface area (Å²) in [6.07, 6.45) is 8.43. The summed E-state index contributed by atoms with van der Waals surface area (Å²) in [7, 11) is 1.83. The van der Waals surface area contributed by atoms with Crippen LogP contribution in [-0.2, 0) is 16.6 Å². The van der Waals surface area contributed by atoms with Crippen molar-refractivity contribution in [1.29, 1.82) is 0 Å². The molecule has 0 aromatic carbocycles. The van der Waals surface area contributed by atoms with E-state index < -0.39 is 6.09 Å². The molecule has 2 amide bonds. The van der Waals surface area contributed by atoms with Crippen LogP contribution in [0.25, 0.3) is 11.3 Å². The van der Waals surface area contributed by atoms with E-state index in [1.54, 1.807) is 28.2 Å². The Kier molecular flexibility index (Phi) is 6.76. The second-order valence-corrected chi connectivity index (χ2v) is 7.02. The van der Waals surface area contributed by atoms with Crippen LogP contribution in [0.3, 0.4) is 0 Å². The van der Waals surface area contributed by atoms with Gasteiger partial charge in [-0.3, -0.25) is 19.4 Å². The lowest BCUT2D eigenvalue weighted by molar-refractivity contribution is -0.123. The van der Waals surface area contributed by atoms with Crippen LogP contribution in [0.5, 0.6) is 0 Å². The van der Waals surface area contributed by atoms with Crippen molar-refractivity contribution in [2.24, 2.45) is 7.05 Å². The molecule has 2 aromatic rings. The highest BCUT2D eigenvalue weighted by atomic mass is 16.5. The lowest BCUT2D eigenvalue weighted by Crippen LogP contribution is -2.47. The van der Waals surface area contributed by atoms with Crippen LogP contribution in [0.15, 0.2) is 24.8 Å². The van der Waals surface area contributed by atoms with Crippen LogP contribution in [0, 0.1) is 0 Å². The first kappa shape index (κ1) is 20.7. The molecule has 156 valence electrons. The zero-order valence-corrected chi connectivity index (χ0v) is 16.6. The first-order valence-electron chi connectivity index (χ1n) is 9.68. The average Bonchev–Trinajstić information content (AvgIpc) is 3.14. The molecule has 2 heterocycles. The summed E-state index contributed by atoms with van der Waals surface area (Å²) in [5.41, 5.74) is 1.52. The van der Waals surface area contributed by atoms with Crippen LogP contribution < -0.4 is 10.2 Å². The van der Waals surface area contributed by atoms with E-state index in [1.807, 2.05) is 20.2 Å². The monoisotopic (exact) mass is 402 g/mol. The minimum absolute atomic E-state index is 0.0319. The highest BCUT2D eigenvalue weighted by molar-refractivity contribution is 5.94. The van der Waals surface area contributed by atoms with Gasteiger partial charge in [-0.25, -0.2) is 9.78 Å². The molecule has 2 N–H and O–H groups in total. The van der Waals surface area contributed by atoms with Crippen LogP contribution in [0.4, 0.5) is 10.6 Å². The van der Waals surface area contributed by atoms with Crippen molar-refractivity contribution < 1.29 is 19.4 Å². The van der Waals surface area contributed by atoms with E-state index in [1.165, 1.54) is 0 Å². The van der Waals surface area contributed by atoms with Gasteiger partial charge < -0.3 is 15.2 Å². The maximum Gasteiger partial charge on any atom is 0.404 e. The number of ether oxygens (including phenoxy) is 1. The van der Waals surface area contributed by atoms with Gasteiger partial charge in [0.25, 0.3) is 5.91 Å². The number of amides is 2. The van der Waals surface area contributed by atoms with Gasteiger partial charge in [0.2, 0.25) is 0 Å². The molecule has 1 fully saturated rings. The maximum absolute atomic E-state index is 12.8. The molecule has 0 atom stereocenters. The second-order valence-electron chi connectivity index (χ2n) is 7.02. The normalized spacial score (nSPS) is 19.0. The predicted octanol–water partition coefficient (Wildman–Crippen LogP) is 1.83. The second kappa shape index (κ2) is 9.46. The van der Waals surface area contributed by atoms with E-state index in [2.05, 4.69) is 20.4 Å². The van der Waals surface area contributed by atoms with Gasteiger partial charge in [-0.15, -0.1) is 0 Å². The molecule has 10 nitrogen and oxygen atoms in total. The number of aryl methyl sites for hydroxylation is 1. The van der Waals surface area contributed by atoms with Crippen molar-refractivity contribution in [1.82, 2.24) is 25.1 Å². The Bertz CT molecular complexity index is 829. The van der Waals surface area contributed by atoms with Crippen molar-refractivity contribution in [3.8, 4) is 11.3 Å². The minimum atomic E-state index is -1.02. The van der Waals surface area contributed by atoms with Gasteiger partial charge in [0, 0.05) is 37.5 Å². The fraction of sp³-hybridized carbons (Fsp3) is 0.526. The van der Waals surface area contributed by atoms with E-state index in [0.29, 0.717) is 43.8 Å². The molecular weight excluding hydrogens is 376 g/mol. The van der Waals surface area contributed by atoms with E-state index in [4.69, 9.17) is 9.84 Å². The standard InChI is InChI=1S/C19H26N6O4/c1-3-29-12-18(26)25(15-6-4-14(5-7-15)23-19(27)28)17-10-20-16(9-21-17)13-8-22-24(2)11-13/h8-11,14-15,23H,3-7,12H2,1-2H3,(H,27,28). The van der Waals surface area contributed by atoms with Crippen molar-refractivity contribution >= 4 is 17.8 Å². The van der Waals surface area contributed by atoms with Crippen LogP contribution in [0.2, 0.25) is 0 Å². The molecule has 29 heavy (non-hydrogen) atoms. The van der Waals surface area contributed by atoms with Gasteiger partial charge >= 0.3 is 6.09 Å². The van der Waals surface area contributed by atoms with Gasteiger partial charge in [-0.1, -0.05) is 0 Å². The minimum Gasteiger partial charge on any atom is -0.465 e. The molecule has 10 heteroatoms. The average molecular weight is 402 g/mol. The predicted molar refractivity (Wildman–Crippen MR) is 105 cm³/mol. The molecule has 0 radical (unpaired) electrons. The van der Waals surface area contributed by atoms with Gasteiger partial charge in [0.05, 0.1) is 24.3 Å². The largest absolute Gasteiger partial charge is 0.465 e. The Morgan fingerprint density at radius 3 is 2.55 bits per heavy atom. The van der Waals surface area contributed by atoms with Crippen LogP contribution in [0.1, 0.15) is 32.6 Å². The fourth-order valence-electron chi connectivity index (χ4n) is 3.58. The zero-order valence-electron chi connectivity index (χ0n) is 16.6. The van der Waals surface area contributed by atoms with Gasteiger partial charge in [-0.2, -0.15) is 5.10 Å². The number of rotatable bonds is 7. The Balaban J connectivity index is 1.77. The van der Waals surface area contributed by atoms with Crippen molar-refractivity contribution in [2.45, 2.75) is 44.7 Å². The summed E-state index contributed by atoms with van der Waals surface area (Å²) in [6, 6.07) is -0.167. The van der Waals surface area contributed by atoms with Gasteiger partial charge in [-0.05, 0) is 32.6 Å². The van der Waals surface area contributed by atoms with Gasteiger partial charge in [0.1, 0.15) is 6.61 Å². The van der Waals surface area contributed by atoms with Crippen molar-refractivity contribution in [3.63, 3.8) is 0 Å². The Labute approximate surface area is 168 Å². The first-order chi connectivity index (χ1) is 14.0. The maximum atomic E-state index is 12.8. The summed E-state index contributed by atoms with van der Waals surface area (Å²) in [4.78, 5) is 34.3. The molecule has 0 bridgehead atoms. The van der Waals surface area contributed by atoms with Crippen LogP contribution in [-0.4, -0.2) is 62.2 Å². The Morgan fingerprint density at radius 1 is 1.24 bits per heavy atom. The number of carboxylic acid groups (broad SMARTS) is 1. The molecule has 0 saturated heterocycles. The number of nitrogens with zero attached hydrogens (tertiary/aromatic N) is 5.